The van der Waals surface area contributed by atoms with E-state index in [0.717, 1.165) is 32.5 Å². The van der Waals surface area contributed by atoms with Crippen molar-refractivity contribution in [3.63, 3.8) is 0 Å². The Hall–Kier alpha value is 0.279. The Balaban J connectivity index is 2.43. The second-order valence-corrected chi connectivity index (χ2v) is 20.0. The van der Waals surface area contributed by atoms with Crippen LogP contribution in [0.5, 0.6) is 0 Å². The van der Waals surface area contributed by atoms with Crippen molar-refractivity contribution in [1.29, 1.82) is 0 Å². The summed E-state index contributed by atoms with van der Waals surface area (Å²) in [5.74, 6) is 3.61. The molecule has 0 aromatic heterocycles. The Bertz CT molecular complexity index is 344. The first-order valence-electron chi connectivity index (χ1n) is 11.0. The summed E-state index contributed by atoms with van der Waals surface area (Å²) >= 11 is -2.22. The van der Waals surface area contributed by atoms with E-state index in [1.54, 1.807) is 0 Å². The maximum atomic E-state index is 5.84. The van der Waals surface area contributed by atoms with Gasteiger partial charge in [-0.25, -0.2) is 0 Å². The van der Waals surface area contributed by atoms with E-state index in [-0.39, 0.29) is 6.29 Å². The molecule has 1 atom stereocenters. The number of unbranched alkanes of at least 4 members (excludes halogenated alkanes) is 4. The van der Waals surface area contributed by atoms with Gasteiger partial charge in [-0.3, -0.25) is 0 Å². The zero-order valence-electron chi connectivity index (χ0n) is 17.2. The number of ether oxygens (including phenoxy) is 2. The van der Waals surface area contributed by atoms with Gasteiger partial charge in [0, 0.05) is 0 Å². The molecule has 0 aromatic rings. The summed E-state index contributed by atoms with van der Waals surface area (Å²) in [6.45, 7) is 8.66. The second kappa shape index (κ2) is 15.3. The first-order valence-corrected chi connectivity index (χ1v) is 18.5. The van der Waals surface area contributed by atoms with Crippen LogP contribution in [-0.2, 0) is 9.47 Å². The van der Waals surface area contributed by atoms with E-state index in [1.165, 1.54) is 64.7 Å². The Morgan fingerprint density at radius 3 is 2.08 bits per heavy atom. The van der Waals surface area contributed by atoms with Gasteiger partial charge in [-0.05, 0) is 0 Å². The van der Waals surface area contributed by atoms with Crippen LogP contribution in [0.3, 0.4) is 0 Å². The monoisotopic (exact) mass is 458 g/mol. The zero-order valence-corrected chi connectivity index (χ0v) is 20.1. The van der Waals surface area contributed by atoms with Gasteiger partial charge in [-0.15, -0.1) is 0 Å². The molecule has 0 N–H and O–H groups in total. The van der Waals surface area contributed by atoms with Crippen LogP contribution in [0.2, 0.25) is 13.3 Å². The van der Waals surface area contributed by atoms with Crippen LogP contribution in [-0.4, -0.2) is 37.9 Å². The molecule has 146 valence electrons. The van der Waals surface area contributed by atoms with E-state index in [2.05, 4.69) is 30.6 Å². The minimum absolute atomic E-state index is 0.0543. The van der Waals surface area contributed by atoms with Crippen molar-refractivity contribution in [2.75, 3.05) is 13.2 Å². The minimum atomic E-state index is -2.22. The second-order valence-electron chi connectivity index (χ2n) is 7.66. The summed E-state index contributed by atoms with van der Waals surface area (Å²) in [5, 5.41) is 0. The van der Waals surface area contributed by atoms with Gasteiger partial charge < -0.3 is 0 Å². The zero-order chi connectivity index (χ0) is 18.2. The number of rotatable bonds is 13. The van der Waals surface area contributed by atoms with E-state index in [9.17, 15) is 0 Å². The summed E-state index contributed by atoms with van der Waals surface area (Å²) in [6, 6.07) is 0. The third-order valence-electron chi connectivity index (χ3n) is 5.27. The van der Waals surface area contributed by atoms with Crippen molar-refractivity contribution in [2.45, 2.75) is 111 Å². The Kier molecular flexibility index (Phi) is 14.3. The molecule has 3 heteroatoms. The standard InChI is InChI=1S/C10H15O2.3C4H9.Sn/c1-2-3-5-8-11-10-7-4-6-9-12-10;3*1-3-4-2;/h10H,3-9H2;3*1,3-4H2,2H3;. The fourth-order valence-corrected chi connectivity index (χ4v) is 17.0. The van der Waals surface area contributed by atoms with E-state index in [0.29, 0.717) is 0 Å². The molecule has 0 amide bonds. The van der Waals surface area contributed by atoms with E-state index in [1.807, 2.05) is 0 Å². The van der Waals surface area contributed by atoms with Gasteiger partial charge in [0.25, 0.3) is 0 Å². The molecule has 0 spiro atoms. The van der Waals surface area contributed by atoms with Crippen LogP contribution in [0.4, 0.5) is 0 Å². The first-order chi connectivity index (χ1) is 12.3. The van der Waals surface area contributed by atoms with Gasteiger partial charge in [0.05, 0.1) is 0 Å². The van der Waals surface area contributed by atoms with Gasteiger partial charge in [0.2, 0.25) is 0 Å². The quantitative estimate of drug-likeness (QED) is 0.174. The molecule has 1 unspecified atom stereocenters. The van der Waals surface area contributed by atoms with Crippen LogP contribution in [0, 0.1) is 9.86 Å². The molecule has 2 nitrogen and oxygen atoms in total. The van der Waals surface area contributed by atoms with Crippen LogP contribution in [0.25, 0.3) is 0 Å². The van der Waals surface area contributed by atoms with E-state index >= 15 is 0 Å². The number of hydrogen-bond donors (Lipinski definition) is 0. The summed E-state index contributed by atoms with van der Waals surface area (Å²) in [7, 11) is 0. The summed E-state index contributed by atoms with van der Waals surface area (Å²) in [4.78, 5) is 0. The van der Waals surface area contributed by atoms with Crippen LogP contribution >= 0.6 is 0 Å². The van der Waals surface area contributed by atoms with Gasteiger partial charge in [-0.2, -0.15) is 0 Å². The van der Waals surface area contributed by atoms with Crippen LogP contribution in [0.15, 0.2) is 0 Å². The van der Waals surface area contributed by atoms with Crippen molar-refractivity contribution >= 4 is 18.4 Å². The fourth-order valence-electron chi connectivity index (χ4n) is 3.58. The molecule has 1 aliphatic heterocycles. The summed E-state index contributed by atoms with van der Waals surface area (Å²) in [5.41, 5.74) is 0. The fraction of sp³-hybridized carbons (Fsp3) is 0.909. The molecule has 25 heavy (non-hydrogen) atoms. The Morgan fingerprint density at radius 2 is 1.56 bits per heavy atom. The third-order valence-corrected chi connectivity index (χ3v) is 18.5. The van der Waals surface area contributed by atoms with Gasteiger partial charge >= 0.3 is 162 Å². The first kappa shape index (κ1) is 23.3. The van der Waals surface area contributed by atoms with Crippen molar-refractivity contribution in [1.82, 2.24) is 0 Å². The molecule has 0 aliphatic carbocycles. The maximum absolute atomic E-state index is 5.84. The van der Waals surface area contributed by atoms with Crippen molar-refractivity contribution in [3.8, 4) is 9.86 Å². The Labute approximate surface area is 161 Å². The summed E-state index contributed by atoms with van der Waals surface area (Å²) in [6.07, 6.45) is 13.8. The molecule has 0 aromatic carbocycles. The normalized spacial score (nSPS) is 18.0. The van der Waals surface area contributed by atoms with Gasteiger partial charge in [-0.1, -0.05) is 0 Å². The predicted octanol–water partition coefficient (Wildman–Crippen LogP) is 6.70. The van der Waals surface area contributed by atoms with E-state index in [4.69, 9.17) is 9.47 Å². The summed E-state index contributed by atoms with van der Waals surface area (Å²) < 4.78 is 19.9. The van der Waals surface area contributed by atoms with Crippen LogP contribution in [0.1, 0.15) is 91.4 Å². The van der Waals surface area contributed by atoms with Gasteiger partial charge in [0.1, 0.15) is 0 Å². The molecule has 0 radical (unpaired) electrons. The molecular weight excluding hydrogens is 415 g/mol. The van der Waals surface area contributed by atoms with Crippen molar-refractivity contribution < 1.29 is 9.47 Å². The molecule has 1 heterocycles. The average molecular weight is 457 g/mol. The van der Waals surface area contributed by atoms with E-state index < -0.39 is 18.4 Å². The van der Waals surface area contributed by atoms with Crippen LogP contribution < -0.4 is 0 Å². The molecule has 0 bridgehead atoms. The predicted molar refractivity (Wildman–Crippen MR) is 111 cm³/mol. The Morgan fingerprint density at radius 1 is 0.920 bits per heavy atom. The van der Waals surface area contributed by atoms with Crippen molar-refractivity contribution in [3.05, 3.63) is 0 Å². The average Bonchev–Trinajstić information content (AvgIpc) is 2.66. The SMILES string of the molecule is CCC[CH2][Sn]([C]#CCCCOC1CCCCO1)([CH2]CCC)[CH2]CCC. The third kappa shape index (κ3) is 10.9. The van der Waals surface area contributed by atoms with Crippen molar-refractivity contribution in [2.24, 2.45) is 0 Å². The number of hydrogen-bond acceptors (Lipinski definition) is 2. The molecule has 1 saturated heterocycles. The van der Waals surface area contributed by atoms with Gasteiger partial charge in [0.15, 0.2) is 0 Å². The topological polar surface area (TPSA) is 18.5 Å². The molecule has 1 rings (SSSR count). The molecule has 1 aliphatic rings. The molecule has 1 fully saturated rings. The molecule has 0 saturated carbocycles. The molecular formula is C22H42O2Sn.